The minimum absolute atomic E-state index is 0.353. The van der Waals surface area contributed by atoms with Crippen LogP contribution < -0.4 is 5.32 Å². The van der Waals surface area contributed by atoms with Crippen LogP contribution in [0.1, 0.15) is 20.3 Å². The van der Waals surface area contributed by atoms with Crippen molar-refractivity contribution in [3.8, 4) is 0 Å². The molecule has 0 aromatic rings. The Bertz CT molecular complexity index is 286. The molecule has 1 aliphatic rings. The second-order valence-corrected chi connectivity index (χ2v) is 4.61. The summed E-state index contributed by atoms with van der Waals surface area (Å²) in [5, 5.41) is 12.2. The molecule has 0 aliphatic carbocycles. The summed E-state index contributed by atoms with van der Waals surface area (Å²) in [6.07, 6.45) is 2.33. The summed E-state index contributed by atoms with van der Waals surface area (Å²) in [7, 11) is 0. The molecule has 0 spiro atoms. The Kier molecular flexibility index (Phi) is 6.93. The number of aliphatic carboxylic acids is 1. The molecule has 0 bridgehead atoms. The summed E-state index contributed by atoms with van der Waals surface area (Å²) in [5.41, 5.74) is 0.473. The lowest BCUT2D eigenvalue weighted by molar-refractivity contribution is -0.132. The maximum absolute atomic E-state index is 10.8. The molecule has 18 heavy (non-hydrogen) atoms. The fourth-order valence-corrected chi connectivity index (χ4v) is 2.00. The van der Waals surface area contributed by atoms with Gasteiger partial charge in [0.1, 0.15) is 0 Å². The van der Waals surface area contributed by atoms with Gasteiger partial charge in [0.15, 0.2) is 0 Å². The molecule has 0 saturated carbocycles. The van der Waals surface area contributed by atoms with E-state index in [1.165, 1.54) is 0 Å². The number of nitrogens with one attached hydrogen (secondary N) is 1. The molecule has 1 aliphatic heterocycles. The smallest absolute Gasteiger partial charge is 0.331 e. The van der Waals surface area contributed by atoms with E-state index in [0.29, 0.717) is 24.6 Å². The van der Waals surface area contributed by atoms with Crippen molar-refractivity contribution in [1.82, 2.24) is 10.2 Å². The van der Waals surface area contributed by atoms with Crippen LogP contribution in [0.15, 0.2) is 11.6 Å². The normalized spacial score (nSPS) is 19.8. The standard InChI is InChI=1S/C13H24N2O3/c1-3-12(13(16)17)4-5-14-11(2)10-15-6-8-18-9-7-15/h4,11,14H,3,5-10H2,1-2H3,(H,16,17). The van der Waals surface area contributed by atoms with E-state index in [1.807, 2.05) is 6.92 Å². The number of morpholine rings is 1. The van der Waals surface area contributed by atoms with E-state index in [1.54, 1.807) is 6.08 Å². The Balaban J connectivity index is 2.23. The van der Waals surface area contributed by atoms with Crippen LogP contribution in [0.2, 0.25) is 0 Å². The molecular formula is C13H24N2O3. The molecule has 1 heterocycles. The topological polar surface area (TPSA) is 61.8 Å². The van der Waals surface area contributed by atoms with Crippen molar-refractivity contribution in [2.75, 3.05) is 39.4 Å². The number of rotatable bonds is 7. The van der Waals surface area contributed by atoms with Crippen LogP contribution in [0.5, 0.6) is 0 Å². The molecule has 5 nitrogen and oxygen atoms in total. The predicted molar refractivity (Wildman–Crippen MR) is 70.7 cm³/mol. The molecule has 1 saturated heterocycles. The summed E-state index contributed by atoms with van der Waals surface area (Å²) in [4.78, 5) is 13.2. The van der Waals surface area contributed by atoms with Crippen molar-refractivity contribution in [2.24, 2.45) is 0 Å². The number of carboxylic acids is 1. The van der Waals surface area contributed by atoms with Gasteiger partial charge in [-0.3, -0.25) is 4.90 Å². The van der Waals surface area contributed by atoms with Crippen molar-refractivity contribution in [1.29, 1.82) is 0 Å². The number of nitrogens with zero attached hydrogens (tertiary/aromatic N) is 1. The Labute approximate surface area is 109 Å². The third-order valence-corrected chi connectivity index (χ3v) is 3.11. The van der Waals surface area contributed by atoms with Gasteiger partial charge in [0.05, 0.1) is 13.2 Å². The summed E-state index contributed by atoms with van der Waals surface area (Å²) in [5.74, 6) is -0.819. The van der Waals surface area contributed by atoms with E-state index in [4.69, 9.17) is 9.84 Å². The molecule has 104 valence electrons. The summed E-state index contributed by atoms with van der Waals surface area (Å²) >= 11 is 0. The second kappa shape index (κ2) is 8.24. The van der Waals surface area contributed by atoms with Crippen LogP contribution in [0.25, 0.3) is 0 Å². The maximum Gasteiger partial charge on any atom is 0.331 e. The Morgan fingerprint density at radius 1 is 1.50 bits per heavy atom. The predicted octanol–water partition coefficient (Wildman–Crippen LogP) is 0.718. The molecule has 0 amide bonds. The third-order valence-electron chi connectivity index (χ3n) is 3.11. The van der Waals surface area contributed by atoms with E-state index in [9.17, 15) is 4.79 Å². The van der Waals surface area contributed by atoms with Gasteiger partial charge in [-0.25, -0.2) is 4.79 Å². The van der Waals surface area contributed by atoms with Gasteiger partial charge >= 0.3 is 5.97 Å². The van der Waals surface area contributed by atoms with Gasteiger partial charge in [0.2, 0.25) is 0 Å². The molecule has 1 atom stereocenters. The Hall–Kier alpha value is -0.910. The average Bonchev–Trinajstić information content (AvgIpc) is 2.35. The van der Waals surface area contributed by atoms with Gasteiger partial charge in [-0.2, -0.15) is 0 Å². The van der Waals surface area contributed by atoms with Crippen LogP contribution in [0, 0.1) is 0 Å². The summed E-state index contributed by atoms with van der Waals surface area (Å²) in [6.45, 7) is 9.16. The number of carbonyl (C=O) groups is 1. The van der Waals surface area contributed by atoms with E-state index in [-0.39, 0.29) is 0 Å². The first-order chi connectivity index (χ1) is 8.63. The Morgan fingerprint density at radius 3 is 2.72 bits per heavy atom. The third kappa shape index (κ3) is 5.62. The number of carboxylic acid groups (broad SMARTS) is 1. The lowest BCUT2D eigenvalue weighted by atomic mass is 10.2. The SMILES string of the molecule is CCC(=CCNC(C)CN1CCOCC1)C(=O)O. The first-order valence-corrected chi connectivity index (χ1v) is 6.59. The van der Waals surface area contributed by atoms with Crippen molar-refractivity contribution in [3.05, 3.63) is 11.6 Å². The van der Waals surface area contributed by atoms with E-state index >= 15 is 0 Å². The minimum atomic E-state index is -0.819. The fourth-order valence-electron chi connectivity index (χ4n) is 2.00. The Morgan fingerprint density at radius 2 is 2.17 bits per heavy atom. The highest BCUT2D eigenvalue weighted by molar-refractivity contribution is 5.86. The number of ether oxygens (including phenoxy) is 1. The first kappa shape index (κ1) is 15.1. The van der Waals surface area contributed by atoms with Crippen LogP contribution in [0.3, 0.4) is 0 Å². The van der Waals surface area contributed by atoms with Crippen LogP contribution in [-0.2, 0) is 9.53 Å². The highest BCUT2D eigenvalue weighted by Gasteiger charge is 2.13. The fraction of sp³-hybridized carbons (Fsp3) is 0.769. The van der Waals surface area contributed by atoms with Crippen molar-refractivity contribution >= 4 is 5.97 Å². The van der Waals surface area contributed by atoms with Gasteiger partial charge in [-0.15, -0.1) is 0 Å². The quantitative estimate of drug-likeness (QED) is 0.657. The highest BCUT2D eigenvalue weighted by Crippen LogP contribution is 2.00. The van der Waals surface area contributed by atoms with E-state index < -0.39 is 5.97 Å². The second-order valence-electron chi connectivity index (χ2n) is 4.61. The monoisotopic (exact) mass is 256 g/mol. The molecule has 1 rings (SSSR count). The lowest BCUT2D eigenvalue weighted by Crippen LogP contribution is -2.44. The van der Waals surface area contributed by atoms with Gasteiger partial charge < -0.3 is 15.2 Å². The molecule has 1 unspecified atom stereocenters. The zero-order valence-electron chi connectivity index (χ0n) is 11.3. The molecule has 1 fully saturated rings. The molecule has 5 heteroatoms. The number of hydrogen-bond donors (Lipinski definition) is 2. The molecule has 2 N–H and O–H groups in total. The molecular weight excluding hydrogens is 232 g/mol. The molecule has 0 aromatic carbocycles. The highest BCUT2D eigenvalue weighted by atomic mass is 16.5. The zero-order valence-corrected chi connectivity index (χ0v) is 11.3. The zero-order chi connectivity index (χ0) is 13.4. The van der Waals surface area contributed by atoms with Gasteiger partial charge in [-0.1, -0.05) is 13.0 Å². The summed E-state index contributed by atoms with van der Waals surface area (Å²) < 4.78 is 5.30. The van der Waals surface area contributed by atoms with Crippen molar-refractivity contribution < 1.29 is 14.6 Å². The van der Waals surface area contributed by atoms with Gasteiger partial charge in [-0.05, 0) is 13.3 Å². The van der Waals surface area contributed by atoms with Crippen molar-refractivity contribution in [2.45, 2.75) is 26.3 Å². The maximum atomic E-state index is 10.8. The van der Waals surface area contributed by atoms with Crippen LogP contribution in [0.4, 0.5) is 0 Å². The molecule has 0 radical (unpaired) electrons. The largest absolute Gasteiger partial charge is 0.478 e. The van der Waals surface area contributed by atoms with Crippen molar-refractivity contribution in [3.63, 3.8) is 0 Å². The van der Waals surface area contributed by atoms with Gasteiger partial charge in [0, 0.05) is 37.8 Å². The van der Waals surface area contributed by atoms with Crippen LogP contribution >= 0.6 is 0 Å². The molecule has 0 aromatic heterocycles. The van der Waals surface area contributed by atoms with E-state index in [0.717, 1.165) is 32.8 Å². The van der Waals surface area contributed by atoms with E-state index in [2.05, 4.69) is 17.1 Å². The average molecular weight is 256 g/mol. The lowest BCUT2D eigenvalue weighted by Gasteiger charge is -2.29. The van der Waals surface area contributed by atoms with Gasteiger partial charge in [0.25, 0.3) is 0 Å². The van der Waals surface area contributed by atoms with Crippen LogP contribution in [-0.4, -0.2) is 61.4 Å². The number of hydrogen-bond acceptors (Lipinski definition) is 4. The minimum Gasteiger partial charge on any atom is -0.478 e. The summed E-state index contributed by atoms with van der Waals surface area (Å²) in [6, 6.07) is 0.353. The first-order valence-electron chi connectivity index (χ1n) is 6.59.